The molecule has 1 rings (SSSR count). The van der Waals surface area contributed by atoms with Gasteiger partial charge in [-0.2, -0.15) is 0 Å². The minimum Gasteiger partial charge on any atom is -0.461 e. The summed E-state index contributed by atoms with van der Waals surface area (Å²) in [7, 11) is 0. The summed E-state index contributed by atoms with van der Waals surface area (Å²) in [6.45, 7) is 10.4. The first-order valence-corrected chi connectivity index (χ1v) is 6.64. The molecule has 96 valence electrons. The fourth-order valence-corrected chi connectivity index (χ4v) is 2.20. The summed E-state index contributed by atoms with van der Waals surface area (Å²) in [5, 5.41) is 4.10. The largest absolute Gasteiger partial charge is 0.461 e. The molecule has 1 heterocycles. The fourth-order valence-electron chi connectivity index (χ4n) is 1.22. The van der Waals surface area contributed by atoms with Gasteiger partial charge in [0, 0.05) is 10.4 Å². The van der Waals surface area contributed by atoms with Gasteiger partial charge in [-0.05, 0) is 34.1 Å². The van der Waals surface area contributed by atoms with Crippen molar-refractivity contribution in [3.05, 3.63) is 10.6 Å². The predicted molar refractivity (Wildman–Crippen MR) is 70.8 cm³/mol. The number of thiazole rings is 1. The van der Waals surface area contributed by atoms with E-state index in [1.165, 1.54) is 11.3 Å². The zero-order chi connectivity index (χ0) is 13.1. The van der Waals surface area contributed by atoms with E-state index in [-0.39, 0.29) is 11.5 Å². The molecule has 5 heteroatoms. The van der Waals surface area contributed by atoms with Crippen molar-refractivity contribution in [1.29, 1.82) is 0 Å². The van der Waals surface area contributed by atoms with Crippen LogP contribution in [0.2, 0.25) is 0 Å². The topological polar surface area (TPSA) is 51.2 Å². The third kappa shape index (κ3) is 3.70. The lowest BCUT2D eigenvalue weighted by atomic mass is 10.0. The number of aromatic nitrogens is 1. The Kier molecular flexibility index (Phi) is 4.51. The maximum Gasteiger partial charge on any atom is 0.358 e. The van der Waals surface area contributed by atoms with Crippen molar-refractivity contribution < 1.29 is 9.53 Å². The summed E-state index contributed by atoms with van der Waals surface area (Å²) < 4.78 is 4.96. The van der Waals surface area contributed by atoms with Crippen LogP contribution < -0.4 is 5.32 Å². The van der Waals surface area contributed by atoms with Crippen LogP contribution in [0.25, 0.3) is 0 Å². The Hall–Kier alpha value is -1.10. The Bertz CT molecular complexity index is 399. The molecular weight excluding hydrogens is 236 g/mol. The first-order chi connectivity index (χ1) is 7.89. The second kappa shape index (κ2) is 5.49. The number of carbonyl (C=O) groups is 1. The average molecular weight is 256 g/mol. The zero-order valence-electron chi connectivity index (χ0n) is 11.1. The molecule has 0 fully saturated rings. The first-order valence-electron chi connectivity index (χ1n) is 5.82. The number of aryl methyl sites for hydroxylation is 1. The first kappa shape index (κ1) is 14.0. The molecule has 0 radical (unpaired) electrons. The van der Waals surface area contributed by atoms with E-state index in [1.54, 1.807) is 6.92 Å². The molecule has 0 aliphatic rings. The molecule has 0 aliphatic carbocycles. The molecule has 0 bridgehead atoms. The molecule has 0 aliphatic heterocycles. The number of esters is 1. The van der Waals surface area contributed by atoms with E-state index in [0.29, 0.717) is 12.3 Å². The van der Waals surface area contributed by atoms with Crippen molar-refractivity contribution in [3.8, 4) is 0 Å². The highest BCUT2D eigenvalue weighted by Gasteiger charge is 2.20. The van der Waals surface area contributed by atoms with Crippen LogP contribution in [0, 0.1) is 6.92 Å². The molecule has 1 aromatic heterocycles. The van der Waals surface area contributed by atoms with Crippen LogP contribution in [-0.2, 0) is 4.74 Å². The minimum atomic E-state index is -0.344. The number of rotatable bonds is 5. The van der Waals surface area contributed by atoms with Gasteiger partial charge in [-0.1, -0.05) is 6.92 Å². The van der Waals surface area contributed by atoms with E-state index in [2.05, 4.69) is 31.1 Å². The monoisotopic (exact) mass is 256 g/mol. The van der Waals surface area contributed by atoms with Gasteiger partial charge in [0.05, 0.1) is 6.61 Å². The SMILES string of the molecule is CCOC(=O)c1nc(NC(C)(C)CC)sc1C. The molecule has 17 heavy (non-hydrogen) atoms. The molecular formula is C12H20N2O2S. The molecule has 0 amide bonds. The van der Waals surface area contributed by atoms with Crippen LogP contribution >= 0.6 is 11.3 Å². The van der Waals surface area contributed by atoms with Crippen LogP contribution in [0.15, 0.2) is 0 Å². The minimum absolute atomic E-state index is 0.0176. The summed E-state index contributed by atoms with van der Waals surface area (Å²) in [6, 6.07) is 0. The molecule has 0 atom stereocenters. The predicted octanol–water partition coefficient (Wildman–Crippen LogP) is 3.23. The smallest absolute Gasteiger partial charge is 0.358 e. The number of nitrogens with one attached hydrogen (secondary N) is 1. The highest BCUT2D eigenvalue weighted by Crippen LogP contribution is 2.26. The third-order valence-electron chi connectivity index (χ3n) is 2.59. The molecule has 0 spiro atoms. The van der Waals surface area contributed by atoms with Crippen molar-refractivity contribution >= 4 is 22.4 Å². The van der Waals surface area contributed by atoms with Crippen molar-refractivity contribution in [2.45, 2.75) is 46.6 Å². The number of hydrogen-bond acceptors (Lipinski definition) is 5. The summed E-state index contributed by atoms with van der Waals surface area (Å²) >= 11 is 1.49. The van der Waals surface area contributed by atoms with Gasteiger partial charge in [-0.25, -0.2) is 9.78 Å². The summed E-state index contributed by atoms with van der Waals surface area (Å²) in [5.41, 5.74) is 0.405. The summed E-state index contributed by atoms with van der Waals surface area (Å²) in [5.74, 6) is -0.344. The van der Waals surface area contributed by atoms with Crippen molar-refractivity contribution in [2.75, 3.05) is 11.9 Å². The van der Waals surface area contributed by atoms with E-state index in [4.69, 9.17) is 4.74 Å². The van der Waals surface area contributed by atoms with Crippen molar-refractivity contribution in [2.24, 2.45) is 0 Å². The van der Waals surface area contributed by atoms with Crippen LogP contribution in [0.5, 0.6) is 0 Å². The van der Waals surface area contributed by atoms with Crippen LogP contribution in [-0.4, -0.2) is 23.1 Å². The fraction of sp³-hybridized carbons (Fsp3) is 0.667. The second-order valence-corrected chi connectivity index (χ2v) is 5.71. The summed E-state index contributed by atoms with van der Waals surface area (Å²) in [6.07, 6.45) is 0.986. The Labute approximate surface area is 106 Å². The van der Waals surface area contributed by atoms with E-state index < -0.39 is 0 Å². The van der Waals surface area contributed by atoms with E-state index >= 15 is 0 Å². The summed E-state index contributed by atoms with van der Waals surface area (Å²) in [4.78, 5) is 16.8. The Morgan fingerprint density at radius 1 is 1.47 bits per heavy atom. The molecule has 4 nitrogen and oxygen atoms in total. The van der Waals surface area contributed by atoms with Crippen LogP contribution in [0.3, 0.4) is 0 Å². The van der Waals surface area contributed by atoms with Gasteiger partial charge in [0.25, 0.3) is 0 Å². The third-order valence-corrected chi connectivity index (χ3v) is 3.48. The van der Waals surface area contributed by atoms with Gasteiger partial charge < -0.3 is 10.1 Å². The van der Waals surface area contributed by atoms with Gasteiger partial charge in [0.1, 0.15) is 0 Å². The van der Waals surface area contributed by atoms with Crippen LogP contribution in [0.4, 0.5) is 5.13 Å². The number of ether oxygens (including phenoxy) is 1. The van der Waals surface area contributed by atoms with Crippen molar-refractivity contribution in [3.63, 3.8) is 0 Å². The van der Waals surface area contributed by atoms with Crippen LogP contribution in [0.1, 0.15) is 49.5 Å². The average Bonchev–Trinajstić information content (AvgIpc) is 2.59. The maximum absolute atomic E-state index is 11.6. The molecule has 1 aromatic rings. The second-order valence-electron chi connectivity index (χ2n) is 4.51. The van der Waals surface area contributed by atoms with Gasteiger partial charge in [-0.3, -0.25) is 0 Å². The number of hydrogen-bond donors (Lipinski definition) is 1. The lowest BCUT2D eigenvalue weighted by Crippen LogP contribution is -2.29. The number of anilines is 1. The standard InChI is InChI=1S/C12H20N2O2S/c1-6-12(4,5)14-11-13-9(8(3)17-11)10(15)16-7-2/h6-7H2,1-5H3,(H,13,14). The van der Waals surface area contributed by atoms with Gasteiger partial charge in [0.15, 0.2) is 10.8 Å². The number of carbonyl (C=O) groups excluding carboxylic acids is 1. The van der Waals surface area contributed by atoms with E-state index in [0.717, 1.165) is 16.4 Å². The van der Waals surface area contributed by atoms with Crippen molar-refractivity contribution in [1.82, 2.24) is 4.98 Å². The number of nitrogens with zero attached hydrogens (tertiary/aromatic N) is 1. The Balaban J connectivity index is 2.85. The van der Waals surface area contributed by atoms with E-state index in [9.17, 15) is 4.79 Å². The zero-order valence-corrected chi connectivity index (χ0v) is 11.9. The lowest BCUT2D eigenvalue weighted by Gasteiger charge is -2.23. The Morgan fingerprint density at radius 2 is 2.12 bits per heavy atom. The molecule has 0 saturated heterocycles. The van der Waals surface area contributed by atoms with Gasteiger partial charge >= 0.3 is 5.97 Å². The molecule has 0 unspecified atom stereocenters. The van der Waals surface area contributed by atoms with E-state index in [1.807, 2.05) is 6.92 Å². The molecule has 0 saturated carbocycles. The normalized spacial score (nSPS) is 11.4. The van der Waals surface area contributed by atoms with Gasteiger partial charge in [-0.15, -0.1) is 11.3 Å². The quantitative estimate of drug-likeness (QED) is 0.822. The molecule has 0 aromatic carbocycles. The molecule has 1 N–H and O–H groups in total. The highest BCUT2D eigenvalue weighted by atomic mass is 32.1. The lowest BCUT2D eigenvalue weighted by molar-refractivity contribution is 0.0519. The highest BCUT2D eigenvalue weighted by molar-refractivity contribution is 7.15. The maximum atomic E-state index is 11.6. The Morgan fingerprint density at radius 3 is 2.65 bits per heavy atom. The van der Waals surface area contributed by atoms with Gasteiger partial charge in [0.2, 0.25) is 0 Å².